The van der Waals surface area contributed by atoms with Crippen molar-refractivity contribution >= 4 is 17.3 Å². The number of carboxylic acids is 1. The number of aromatic nitrogens is 1. The Hall–Kier alpha value is -0.940. The second kappa shape index (κ2) is 5.59. The van der Waals surface area contributed by atoms with Crippen molar-refractivity contribution in [3.63, 3.8) is 0 Å². The van der Waals surface area contributed by atoms with Gasteiger partial charge in [0.15, 0.2) is 0 Å². The normalized spacial score (nSPS) is 19.5. The van der Waals surface area contributed by atoms with Crippen molar-refractivity contribution in [3.05, 3.63) is 15.6 Å². The quantitative estimate of drug-likeness (QED) is 0.916. The van der Waals surface area contributed by atoms with Crippen LogP contribution in [0.25, 0.3) is 0 Å². The third kappa shape index (κ3) is 3.34. The van der Waals surface area contributed by atoms with Gasteiger partial charge in [0.05, 0.1) is 17.3 Å². The van der Waals surface area contributed by atoms with Gasteiger partial charge in [0.2, 0.25) is 0 Å². The highest BCUT2D eigenvalue weighted by molar-refractivity contribution is 7.13. The van der Waals surface area contributed by atoms with Gasteiger partial charge in [0.25, 0.3) is 0 Å². The Labute approximate surface area is 117 Å². The summed E-state index contributed by atoms with van der Waals surface area (Å²) in [5.74, 6) is -0.478. The topological polar surface area (TPSA) is 59.4 Å². The minimum atomic E-state index is -0.896. The molecule has 0 atom stereocenters. The maximum Gasteiger partial charge on any atom is 0.347 e. The lowest BCUT2D eigenvalue weighted by Gasteiger charge is -2.33. The summed E-state index contributed by atoms with van der Waals surface area (Å²) >= 11 is 1.32. The van der Waals surface area contributed by atoms with Gasteiger partial charge in [-0.05, 0) is 31.1 Å². The van der Waals surface area contributed by atoms with Crippen molar-refractivity contribution in [2.45, 2.75) is 52.1 Å². The Bertz CT molecular complexity index is 457. The number of thiazole rings is 1. The van der Waals surface area contributed by atoms with E-state index < -0.39 is 5.97 Å². The maximum atomic E-state index is 11.2. The summed E-state index contributed by atoms with van der Waals surface area (Å²) in [4.78, 5) is 16.1. The van der Waals surface area contributed by atoms with Crippen LogP contribution in [0.1, 0.15) is 65.8 Å². The van der Waals surface area contributed by atoms with Gasteiger partial charge in [-0.2, -0.15) is 0 Å². The fourth-order valence-corrected chi connectivity index (χ4v) is 3.67. The molecule has 1 aliphatic carbocycles. The first kappa shape index (κ1) is 14.5. The molecule has 0 saturated heterocycles. The molecular formula is C14H21NO3S. The third-order valence-corrected chi connectivity index (χ3v) is 5.13. The SMILES string of the molecule is COCc1nc(C2CCC(C)(C)CC2)sc1C(=O)O. The Kier molecular flexibility index (Phi) is 4.26. The number of rotatable bonds is 4. The van der Waals surface area contributed by atoms with Crippen molar-refractivity contribution < 1.29 is 14.6 Å². The highest BCUT2D eigenvalue weighted by atomic mass is 32.1. The fraction of sp³-hybridized carbons (Fsp3) is 0.714. The number of nitrogens with zero attached hydrogens (tertiary/aromatic N) is 1. The number of aromatic carboxylic acids is 1. The number of carbonyl (C=O) groups is 1. The fourth-order valence-electron chi connectivity index (χ4n) is 2.59. The van der Waals surface area contributed by atoms with Crippen molar-refractivity contribution in [1.29, 1.82) is 0 Å². The van der Waals surface area contributed by atoms with E-state index in [0.29, 0.717) is 21.9 Å². The summed E-state index contributed by atoms with van der Waals surface area (Å²) in [7, 11) is 1.56. The molecule has 1 N–H and O–H groups in total. The van der Waals surface area contributed by atoms with Crippen LogP contribution in [0.5, 0.6) is 0 Å². The van der Waals surface area contributed by atoms with Gasteiger partial charge in [-0.3, -0.25) is 0 Å². The van der Waals surface area contributed by atoms with E-state index in [9.17, 15) is 9.90 Å². The molecule has 0 unspecified atom stereocenters. The van der Waals surface area contributed by atoms with Crippen LogP contribution in [-0.4, -0.2) is 23.2 Å². The van der Waals surface area contributed by atoms with Crippen molar-refractivity contribution in [2.24, 2.45) is 5.41 Å². The Balaban J connectivity index is 2.17. The predicted octanol–water partition coefficient (Wildman–Crippen LogP) is 3.67. The molecule has 1 aliphatic rings. The van der Waals surface area contributed by atoms with Crippen LogP contribution in [-0.2, 0) is 11.3 Å². The summed E-state index contributed by atoms with van der Waals surface area (Å²) in [6.07, 6.45) is 4.57. The Morgan fingerprint density at radius 3 is 2.63 bits per heavy atom. The molecule has 0 bridgehead atoms. The van der Waals surface area contributed by atoms with Crippen LogP contribution >= 0.6 is 11.3 Å². The van der Waals surface area contributed by atoms with Gasteiger partial charge < -0.3 is 9.84 Å². The van der Waals surface area contributed by atoms with E-state index in [4.69, 9.17) is 4.74 Å². The molecule has 5 heteroatoms. The molecule has 4 nitrogen and oxygen atoms in total. The second-order valence-corrected chi connectivity index (χ2v) is 7.04. The zero-order valence-electron chi connectivity index (χ0n) is 11.7. The van der Waals surface area contributed by atoms with Crippen LogP contribution in [0.15, 0.2) is 0 Å². The standard InChI is InChI=1S/C14H21NO3S/c1-14(2)6-4-9(5-7-14)12-15-10(8-18-3)11(19-12)13(16)17/h9H,4-8H2,1-3H3,(H,16,17). The number of carboxylic acid groups (broad SMARTS) is 1. The van der Waals surface area contributed by atoms with Gasteiger partial charge in [0, 0.05) is 13.0 Å². The van der Waals surface area contributed by atoms with Crippen molar-refractivity contribution in [2.75, 3.05) is 7.11 Å². The average Bonchev–Trinajstić information content (AvgIpc) is 2.73. The van der Waals surface area contributed by atoms with Crippen LogP contribution in [0, 0.1) is 5.41 Å². The van der Waals surface area contributed by atoms with Crippen LogP contribution in [0.3, 0.4) is 0 Å². The van der Waals surface area contributed by atoms with Gasteiger partial charge in [-0.1, -0.05) is 13.8 Å². The summed E-state index contributed by atoms with van der Waals surface area (Å²) in [5, 5.41) is 10.2. The van der Waals surface area contributed by atoms with Crippen molar-refractivity contribution in [1.82, 2.24) is 4.98 Å². The third-order valence-electron chi connectivity index (χ3n) is 3.88. The monoisotopic (exact) mass is 283 g/mol. The molecule has 1 saturated carbocycles. The molecule has 0 radical (unpaired) electrons. The summed E-state index contributed by atoms with van der Waals surface area (Å²) < 4.78 is 5.03. The van der Waals surface area contributed by atoms with Crippen LogP contribution in [0.4, 0.5) is 0 Å². The molecule has 1 aromatic rings. The zero-order chi connectivity index (χ0) is 14.0. The lowest BCUT2D eigenvalue weighted by atomic mass is 9.73. The molecule has 0 aliphatic heterocycles. The highest BCUT2D eigenvalue weighted by Crippen LogP contribution is 2.43. The first-order chi connectivity index (χ1) is 8.93. The van der Waals surface area contributed by atoms with E-state index in [2.05, 4.69) is 18.8 Å². The molecule has 0 amide bonds. The van der Waals surface area contributed by atoms with E-state index in [1.165, 1.54) is 24.2 Å². The van der Waals surface area contributed by atoms with E-state index in [0.717, 1.165) is 17.8 Å². The average molecular weight is 283 g/mol. The van der Waals surface area contributed by atoms with E-state index in [1.807, 2.05) is 0 Å². The number of hydrogen-bond acceptors (Lipinski definition) is 4. The molecule has 19 heavy (non-hydrogen) atoms. The molecule has 1 heterocycles. The molecule has 1 fully saturated rings. The number of ether oxygens (including phenoxy) is 1. The summed E-state index contributed by atoms with van der Waals surface area (Å²) in [6.45, 7) is 4.87. The van der Waals surface area contributed by atoms with Gasteiger partial charge in [0.1, 0.15) is 4.88 Å². The molecule has 0 spiro atoms. The first-order valence-corrected chi connectivity index (χ1v) is 7.46. The Morgan fingerprint density at radius 2 is 2.11 bits per heavy atom. The van der Waals surface area contributed by atoms with E-state index in [-0.39, 0.29) is 6.61 Å². The van der Waals surface area contributed by atoms with Crippen LogP contribution in [0.2, 0.25) is 0 Å². The molecular weight excluding hydrogens is 262 g/mol. The molecule has 106 valence electrons. The van der Waals surface area contributed by atoms with Gasteiger partial charge >= 0.3 is 5.97 Å². The Morgan fingerprint density at radius 1 is 1.47 bits per heavy atom. The van der Waals surface area contributed by atoms with Crippen LogP contribution < -0.4 is 0 Å². The highest BCUT2D eigenvalue weighted by Gasteiger charge is 2.30. The first-order valence-electron chi connectivity index (χ1n) is 6.65. The largest absolute Gasteiger partial charge is 0.477 e. The lowest BCUT2D eigenvalue weighted by Crippen LogP contribution is -2.20. The van der Waals surface area contributed by atoms with E-state index >= 15 is 0 Å². The molecule has 2 rings (SSSR count). The maximum absolute atomic E-state index is 11.2. The minimum Gasteiger partial charge on any atom is -0.477 e. The minimum absolute atomic E-state index is 0.274. The lowest BCUT2D eigenvalue weighted by molar-refractivity contribution is 0.0697. The van der Waals surface area contributed by atoms with Gasteiger partial charge in [-0.15, -0.1) is 11.3 Å². The molecule has 0 aromatic carbocycles. The summed E-state index contributed by atoms with van der Waals surface area (Å²) in [5.41, 5.74) is 0.985. The van der Waals surface area contributed by atoms with Gasteiger partial charge in [-0.25, -0.2) is 9.78 Å². The molecule has 1 aromatic heterocycles. The van der Waals surface area contributed by atoms with E-state index in [1.54, 1.807) is 7.11 Å². The number of hydrogen-bond donors (Lipinski definition) is 1. The number of methoxy groups -OCH3 is 1. The smallest absolute Gasteiger partial charge is 0.347 e. The second-order valence-electron chi connectivity index (χ2n) is 6.00. The summed E-state index contributed by atoms with van der Waals surface area (Å²) in [6, 6.07) is 0. The zero-order valence-corrected chi connectivity index (χ0v) is 12.5. The predicted molar refractivity (Wildman–Crippen MR) is 74.8 cm³/mol. The van der Waals surface area contributed by atoms with Crippen molar-refractivity contribution in [3.8, 4) is 0 Å².